The summed E-state index contributed by atoms with van der Waals surface area (Å²) in [4.78, 5) is 11.9. The van der Waals surface area contributed by atoms with Crippen molar-refractivity contribution in [2.45, 2.75) is 30.8 Å². The van der Waals surface area contributed by atoms with Gasteiger partial charge in [0.25, 0.3) is 5.79 Å². The van der Waals surface area contributed by atoms with Gasteiger partial charge in [-0.05, 0) is 13.0 Å². The van der Waals surface area contributed by atoms with Gasteiger partial charge in [0.15, 0.2) is 5.78 Å². The number of rotatable bonds is 2. The molecule has 2 atom stereocenters. The van der Waals surface area contributed by atoms with Crippen LogP contribution in [0.4, 0.5) is 0 Å². The van der Waals surface area contributed by atoms with Crippen molar-refractivity contribution in [3.05, 3.63) is 12.2 Å². The first kappa shape index (κ1) is 9.83. The van der Waals surface area contributed by atoms with E-state index in [0.717, 1.165) is 0 Å². The number of fused-ring (bicyclic) bond motifs is 2. The van der Waals surface area contributed by atoms with Gasteiger partial charge in [-0.15, -0.1) is 0 Å². The second-order valence-corrected chi connectivity index (χ2v) is 3.77. The van der Waals surface area contributed by atoms with Crippen LogP contribution < -0.4 is 0 Å². The van der Waals surface area contributed by atoms with Crippen molar-refractivity contribution in [1.29, 1.82) is 0 Å². The van der Waals surface area contributed by atoms with Crippen molar-refractivity contribution in [3.8, 4) is 0 Å². The van der Waals surface area contributed by atoms with Gasteiger partial charge in [-0.25, -0.2) is 0 Å². The fraction of sp³-hybridized carbons (Fsp3) is 0.700. The van der Waals surface area contributed by atoms with Gasteiger partial charge >= 0.3 is 0 Å². The van der Waals surface area contributed by atoms with Crippen molar-refractivity contribution < 1.29 is 19.0 Å². The summed E-state index contributed by atoms with van der Waals surface area (Å²) in [6.07, 6.45) is 3.92. The highest BCUT2D eigenvalue weighted by Crippen LogP contribution is 2.43. The molecule has 0 saturated carbocycles. The summed E-state index contributed by atoms with van der Waals surface area (Å²) >= 11 is 0. The Bertz CT molecular complexity index is 292. The summed E-state index contributed by atoms with van der Waals surface area (Å²) in [6, 6.07) is 0. The van der Waals surface area contributed by atoms with E-state index < -0.39 is 11.4 Å². The third-order valence-corrected chi connectivity index (χ3v) is 3.01. The number of hydrogen-bond acceptors (Lipinski definition) is 4. The largest absolute Gasteiger partial charge is 0.357 e. The number of carbonyl (C=O) groups excluding carboxylic acids is 1. The smallest absolute Gasteiger partial charge is 0.262 e. The number of Topliss-reactive ketones (excluding diaryl/α,β-unsaturated/α-hetero) is 1. The molecule has 0 aromatic heterocycles. The molecule has 2 aliphatic rings. The fourth-order valence-corrected chi connectivity index (χ4v) is 2.29. The van der Waals surface area contributed by atoms with Crippen LogP contribution in [0.15, 0.2) is 12.2 Å². The molecule has 0 aromatic carbocycles. The summed E-state index contributed by atoms with van der Waals surface area (Å²) in [5, 5.41) is 0. The Morgan fingerprint density at radius 2 is 2.14 bits per heavy atom. The molecule has 2 bridgehead atoms. The van der Waals surface area contributed by atoms with E-state index in [2.05, 4.69) is 0 Å². The minimum absolute atomic E-state index is 0.0637. The Kier molecular flexibility index (Phi) is 2.03. The number of hydrogen-bond donors (Lipinski definition) is 0. The summed E-state index contributed by atoms with van der Waals surface area (Å²) in [5.74, 6) is -1.34. The number of ketones is 1. The van der Waals surface area contributed by atoms with Crippen LogP contribution in [0.1, 0.15) is 13.3 Å². The first-order chi connectivity index (χ1) is 6.58. The molecule has 2 aliphatic heterocycles. The Labute approximate surface area is 82.8 Å². The summed E-state index contributed by atoms with van der Waals surface area (Å²) in [6.45, 7) is 1.80. The van der Waals surface area contributed by atoms with Crippen LogP contribution in [0.3, 0.4) is 0 Å². The monoisotopic (exact) mass is 198 g/mol. The van der Waals surface area contributed by atoms with E-state index in [1.165, 1.54) is 14.2 Å². The molecule has 4 nitrogen and oxygen atoms in total. The minimum atomic E-state index is -1.28. The van der Waals surface area contributed by atoms with Crippen molar-refractivity contribution in [2.24, 2.45) is 0 Å². The average molecular weight is 198 g/mol. The third kappa shape index (κ3) is 0.960. The predicted molar refractivity (Wildman–Crippen MR) is 48.8 cm³/mol. The highest BCUT2D eigenvalue weighted by Gasteiger charge is 2.61. The number of methoxy groups -OCH3 is 2. The van der Waals surface area contributed by atoms with E-state index >= 15 is 0 Å². The van der Waals surface area contributed by atoms with Crippen LogP contribution in [0, 0.1) is 0 Å². The van der Waals surface area contributed by atoms with E-state index in [1.807, 2.05) is 12.2 Å². The molecule has 4 heteroatoms. The molecule has 0 aliphatic carbocycles. The maximum atomic E-state index is 11.9. The molecule has 1 saturated heterocycles. The standard InChI is InChI=1S/C10H14O4/c1-9-5-4-7(14-9)6-8(11)10(9,12-2)13-3/h4-5,7H,6H2,1-3H3. The Morgan fingerprint density at radius 3 is 2.71 bits per heavy atom. The second kappa shape index (κ2) is 2.89. The normalized spacial score (nSPS) is 39.1. The molecule has 0 aromatic rings. The summed E-state index contributed by atoms with van der Waals surface area (Å²) in [5.41, 5.74) is -0.795. The summed E-state index contributed by atoms with van der Waals surface area (Å²) < 4.78 is 16.1. The molecular weight excluding hydrogens is 184 g/mol. The van der Waals surface area contributed by atoms with E-state index in [9.17, 15) is 4.79 Å². The zero-order valence-electron chi connectivity index (χ0n) is 8.57. The number of carbonyl (C=O) groups is 1. The van der Waals surface area contributed by atoms with Gasteiger partial charge in [-0.1, -0.05) is 6.08 Å². The first-order valence-corrected chi connectivity index (χ1v) is 4.59. The Hall–Kier alpha value is -0.710. The molecule has 1 fully saturated rings. The highest BCUT2D eigenvalue weighted by atomic mass is 16.7. The zero-order valence-corrected chi connectivity index (χ0v) is 8.57. The molecule has 2 rings (SSSR count). The van der Waals surface area contributed by atoms with Gasteiger partial charge in [0.05, 0.1) is 6.10 Å². The van der Waals surface area contributed by atoms with Gasteiger partial charge < -0.3 is 14.2 Å². The molecule has 2 unspecified atom stereocenters. The lowest BCUT2D eigenvalue weighted by Crippen LogP contribution is -2.63. The van der Waals surface area contributed by atoms with Crippen molar-refractivity contribution >= 4 is 5.78 Å². The van der Waals surface area contributed by atoms with Crippen molar-refractivity contribution in [2.75, 3.05) is 14.2 Å². The zero-order chi connectivity index (χ0) is 10.4. The molecule has 0 spiro atoms. The Balaban J connectivity index is 2.46. The fourth-order valence-electron chi connectivity index (χ4n) is 2.29. The topological polar surface area (TPSA) is 44.8 Å². The van der Waals surface area contributed by atoms with Crippen LogP contribution in [-0.4, -0.2) is 37.5 Å². The molecular formula is C10H14O4. The predicted octanol–water partition coefficient (Wildman–Crippen LogP) is 0.662. The van der Waals surface area contributed by atoms with Crippen LogP contribution in [0.5, 0.6) is 0 Å². The molecule has 0 amide bonds. The average Bonchev–Trinajstić information content (AvgIpc) is 2.47. The third-order valence-electron chi connectivity index (χ3n) is 3.01. The van der Waals surface area contributed by atoms with Crippen molar-refractivity contribution in [1.82, 2.24) is 0 Å². The first-order valence-electron chi connectivity index (χ1n) is 4.59. The number of ether oxygens (including phenoxy) is 3. The maximum Gasteiger partial charge on any atom is 0.262 e. The van der Waals surface area contributed by atoms with E-state index in [1.54, 1.807) is 6.92 Å². The van der Waals surface area contributed by atoms with Crippen LogP contribution in [0.25, 0.3) is 0 Å². The van der Waals surface area contributed by atoms with Gasteiger partial charge in [0.1, 0.15) is 5.60 Å². The maximum absolute atomic E-state index is 11.9. The van der Waals surface area contributed by atoms with Crippen LogP contribution >= 0.6 is 0 Å². The van der Waals surface area contributed by atoms with E-state index in [4.69, 9.17) is 14.2 Å². The lowest BCUT2D eigenvalue weighted by atomic mass is 9.89. The summed E-state index contributed by atoms with van der Waals surface area (Å²) in [7, 11) is 2.92. The highest BCUT2D eigenvalue weighted by molar-refractivity contribution is 5.90. The van der Waals surface area contributed by atoms with Gasteiger partial charge in [-0.3, -0.25) is 4.79 Å². The van der Waals surface area contributed by atoms with E-state index in [0.29, 0.717) is 6.42 Å². The van der Waals surface area contributed by atoms with E-state index in [-0.39, 0.29) is 11.9 Å². The van der Waals surface area contributed by atoms with Crippen LogP contribution in [0.2, 0.25) is 0 Å². The molecule has 14 heavy (non-hydrogen) atoms. The minimum Gasteiger partial charge on any atom is -0.357 e. The SMILES string of the molecule is COC1(OC)C(=O)CC2C=CC1(C)O2. The molecule has 0 radical (unpaired) electrons. The molecule has 2 heterocycles. The van der Waals surface area contributed by atoms with Crippen LogP contribution in [-0.2, 0) is 19.0 Å². The molecule has 0 N–H and O–H groups in total. The molecule has 78 valence electrons. The lowest BCUT2D eigenvalue weighted by Gasteiger charge is -2.44. The van der Waals surface area contributed by atoms with Crippen molar-refractivity contribution in [3.63, 3.8) is 0 Å². The Morgan fingerprint density at radius 1 is 1.50 bits per heavy atom. The van der Waals surface area contributed by atoms with Gasteiger partial charge in [-0.2, -0.15) is 0 Å². The lowest BCUT2D eigenvalue weighted by molar-refractivity contribution is -0.289. The van der Waals surface area contributed by atoms with Gasteiger partial charge in [0.2, 0.25) is 0 Å². The van der Waals surface area contributed by atoms with Gasteiger partial charge in [0, 0.05) is 20.6 Å². The quantitative estimate of drug-likeness (QED) is 0.483. The second-order valence-electron chi connectivity index (χ2n) is 3.77.